The molecule has 0 spiro atoms. The largest absolute Gasteiger partial charge is 0.488 e. The Morgan fingerprint density at radius 1 is 1.09 bits per heavy atom. The summed E-state index contributed by atoms with van der Waals surface area (Å²) < 4.78 is 12.4. The number of terminal acetylenes is 1. The Kier molecular flexibility index (Phi) is 11.3. The molecule has 2 saturated carbocycles. The normalized spacial score (nSPS) is 26.5. The number of pyridine rings is 1. The number of aliphatic carboxylic acids is 1. The number of anilines is 1. The highest BCUT2D eigenvalue weighted by Crippen LogP contribution is 2.45. The molecule has 4 heterocycles. The Morgan fingerprint density at radius 3 is 2.65 bits per heavy atom. The van der Waals surface area contributed by atoms with Gasteiger partial charge in [-0.2, -0.15) is 0 Å². The monoisotopic (exact) mass is 768 g/mol. The molecule has 4 aliphatic rings. The lowest BCUT2D eigenvalue weighted by molar-refractivity contribution is -0.145. The van der Waals surface area contributed by atoms with Gasteiger partial charge in [0, 0.05) is 35.2 Å². The van der Waals surface area contributed by atoms with Crippen LogP contribution in [0.3, 0.4) is 0 Å². The first-order chi connectivity index (χ1) is 26.5. The second kappa shape index (κ2) is 16.3. The van der Waals surface area contributed by atoms with Crippen molar-refractivity contribution in [2.24, 2.45) is 5.92 Å². The molecule has 2 aliphatic heterocycles. The second-order valence-electron chi connectivity index (χ2n) is 15.3. The molecule has 3 aromatic rings. The van der Waals surface area contributed by atoms with Crippen LogP contribution in [-0.2, 0) is 19.1 Å². The Morgan fingerprint density at radius 2 is 1.89 bits per heavy atom. The second-order valence-corrected chi connectivity index (χ2v) is 16.2. The van der Waals surface area contributed by atoms with Gasteiger partial charge in [-0.25, -0.2) is 19.6 Å². The zero-order valence-electron chi connectivity index (χ0n) is 31.2. The molecular formula is C41H48N6O7S. The molecule has 4 N–H and O–H groups in total. The SMILES string of the molecule is C#Cc1cccc2c(O[C@@H]3C[C@H]4C(=O)N[C@]5(C(=O)O)CC5/C=C\CCCCC[C@H](NC(=O)OC5CCCC5)C(=O)N4C3)cc(-c3csc(NC(C)C)n3)nc12. The summed E-state index contributed by atoms with van der Waals surface area (Å²) in [6.45, 7) is 4.08. The van der Waals surface area contributed by atoms with E-state index in [0.29, 0.717) is 46.4 Å². The highest BCUT2D eigenvalue weighted by molar-refractivity contribution is 7.14. The quantitative estimate of drug-likeness (QED) is 0.157. The van der Waals surface area contributed by atoms with E-state index in [1.54, 1.807) is 12.1 Å². The molecule has 14 heteroatoms. The summed E-state index contributed by atoms with van der Waals surface area (Å²) in [5.41, 5.74) is 0.834. The van der Waals surface area contributed by atoms with Crippen LogP contribution in [0, 0.1) is 18.3 Å². The first-order valence-electron chi connectivity index (χ1n) is 19.3. The van der Waals surface area contributed by atoms with E-state index in [9.17, 15) is 24.3 Å². The van der Waals surface area contributed by atoms with Gasteiger partial charge < -0.3 is 35.4 Å². The first kappa shape index (κ1) is 38.1. The standard InChI is InChI=1S/C41H48N6O7S/c1-4-25-13-12-17-29-34(20-31(43-35(25)29)32-23-55-39(44-32)42-24(2)3)53-28-19-33-36(48)46-41(38(50)51)21-26(41)14-8-6-5-7-9-18-30(37(49)47(33)22-28)45-40(52)54-27-15-10-11-16-27/h1,8,12-14,17,20,23-24,26-28,30,33H,5-7,9-11,15-16,18-19,21-22H2,2-3H3,(H,42,44)(H,45,52)(H,46,48)(H,50,51)/b14-8-/t26?,28-,30+,33+,41-/m1/s1. The summed E-state index contributed by atoms with van der Waals surface area (Å²) >= 11 is 1.46. The predicted molar refractivity (Wildman–Crippen MR) is 209 cm³/mol. The van der Waals surface area contributed by atoms with Gasteiger partial charge in [0.15, 0.2) is 5.13 Å². The predicted octanol–water partition coefficient (Wildman–Crippen LogP) is 6.03. The van der Waals surface area contributed by atoms with Gasteiger partial charge in [-0.05, 0) is 77.3 Å². The van der Waals surface area contributed by atoms with Gasteiger partial charge in [0.05, 0.1) is 23.3 Å². The minimum Gasteiger partial charge on any atom is -0.488 e. The smallest absolute Gasteiger partial charge is 0.408 e. The molecule has 0 bridgehead atoms. The molecule has 2 aromatic heterocycles. The van der Waals surface area contributed by atoms with Crippen molar-refractivity contribution in [1.29, 1.82) is 0 Å². The van der Waals surface area contributed by atoms with Crippen molar-refractivity contribution in [1.82, 2.24) is 25.5 Å². The number of hydrogen-bond donors (Lipinski definition) is 4. The number of nitrogens with one attached hydrogen (secondary N) is 3. The number of hydrogen-bond acceptors (Lipinski definition) is 10. The number of carboxylic acid groups (broad SMARTS) is 1. The van der Waals surface area contributed by atoms with E-state index in [0.717, 1.165) is 50.1 Å². The lowest BCUT2D eigenvalue weighted by Gasteiger charge is -2.29. The van der Waals surface area contributed by atoms with E-state index in [4.69, 9.17) is 25.9 Å². The molecule has 3 amide bonds. The summed E-state index contributed by atoms with van der Waals surface area (Å²) in [4.78, 5) is 65.5. The average Bonchev–Trinajstić information content (AvgIpc) is 3.58. The van der Waals surface area contributed by atoms with Gasteiger partial charge in [0.1, 0.15) is 41.3 Å². The summed E-state index contributed by atoms with van der Waals surface area (Å²) in [7, 11) is 0. The third-order valence-corrected chi connectivity index (χ3v) is 11.7. The number of carbonyl (C=O) groups excluding carboxylic acids is 3. The highest BCUT2D eigenvalue weighted by Gasteiger charge is 2.61. The van der Waals surface area contributed by atoms with E-state index in [2.05, 4.69) is 21.9 Å². The van der Waals surface area contributed by atoms with Gasteiger partial charge in [-0.15, -0.1) is 17.8 Å². The van der Waals surface area contributed by atoms with E-state index in [-0.39, 0.29) is 37.5 Å². The molecule has 7 rings (SSSR count). The number of allylic oxidation sites excluding steroid dienone is 1. The number of para-hydroxylation sites is 1. The maximum Gasteiger partial charge on any atom is 0.408 e. The van der Waals surface area contributed by atoms with Crippen molar-refractivity contribution in [3.05, 3.63) is 47.4 Å². The van der Waals surface area contributed by atoms with E-state index in [1.165, 1.54) is 16.2 Å². The summed E-state index contributed by atoms with van der Waals surface area (Å²) in [5.74, 6) is 0.667. The molecule has 13 nitrogen and oxygen atoms in total. The lowest BCUT2D eigenvalue weighted by Crippen LogP contribution is -2.56. The fourth-order valence-electron chi connectivity index (χ4n) is 7.93. The maximum atomic E-state index is 14.5. The van der Waals surface area contributed by atoms with Crippen molar-refractivity contribution in [2.75, 3.05) is 11.9 Å². The number of nitrogens with zero attached hydrogens (tertiary/aromatic N) is 3. The molecule has 290 valence electrons. The number of ether oxygens (including phenoxy) is 2. The summed E-state index contributed by atoms with van der Waals surface area (Å²) in [6, 6.07) is 5.45. The Labute approximate surface area is 324 Å². The zero-order valence-corrected chi connectivity index (χ0v) is 32.0. The summed E-state index contributed by atoms with van der Waals surface area (Å²) in [6.07, 6.45) is 15.5. The molecule has 1 saturated heterocycles. The van der Waals surface area contributed by atoms with Gasteiger partial charge >= 0.3 is 12.1 Å². The fourth-order valence-corrected chi connectivity index (χ4v) is 8.78. The van der Waals surface area contributed by atoms with Crippen molar-refractivity contribution >= 4 is 51.2 Å². The van der Waals surface area contributed by atoms with Gasteiger partial charge in [-0.3, -0.25) is 9.59 Å². The van der Waals surface area contributed by atoms with Crippen molar-refractivity contribution in [3.63, 3.8) is 0 Å². The Bertz CT molecular complexity index is 2020. The van der Waals surface area contributed by atoms with E-state index >= 15 is 0 Å². The average molecular weight is 769 g/mol. The molecule has 1 unspecified atom stereocenters. The Hall–Kier alpha value is -5.16. The van der Waals surface area contributed by atoms with Crippen LogP contribution in [0.5, 0.6) is 5.75 Å². The number of carbonyl (C=O) groups is 4. The number of carboxylic acids is 1. The van der Waals surface area contributed by atoms with Crippen LogP contribution in [0.15, 0.2) is 41.8 Å². The van der Waals surface area contributed by atoms with E-state index < -0.39 is 47.6 Å². The molecule has 1 aromatic carbocycles. The van der Waals surface area contributed by atoms with Crippen LogP contribution in [0.4, 0.5) is 9.93 Å². The van der Waals surface area contributed by atoms with Crippen molar-refractivity contribution in [3.8, 4) is 29.5 Å². The number of benzene rings is 1. The highest BCUT2D eigenvalue weighted by atomic mass is 32.1. The van der Waals surface area contributed by atoms with Gasteiger partial charge in [0.25, 0.3) is 0 Å². The van der Waals surface area contributed by atoms with Crippen molar-refractivity contribution < 1.29 is 33.8 Å². The number of rotatable bonds is 8. The van der Waals surface area contributed by atoms with Crippen molar-refractivity contribution in [2.45, 2.75) is 120 Å². The third kappa shape index (κ3) is 8.42. The number of thiazole rings is 1. The van der Waals surface area contributed by atoms with Crippen LogP contribution in [0.1, 0.15) is 90.0 Å². The molecule has 0 radical (unpaired) electrons. The van der Waals surface area contributed by atoms with Gasteiger partial charge in [0.2, 0.25) is 11.8 Å². The fraction of sp³-hybridized carbons (Fsp3) is 0.512. The van der Waals surface area contributed by atoms with Crippen LogP contribution in [0.25, 0.3) is 22.3 Å². The first-order valence-corrected chi connectivity index (χ1v) is 20.2. The number of fused-ring (bicyclic) bond motifs is 3. The van der Waals surface area contributed by atoms with E-state index in [1.807, 2.05) is 43.5 Å². The number of amides is 3. The number of alkyl carbamates (subject to hydrolysis) is 1. The van der Waals surface area contributed by atoms with Crippen LogP contribution in [0.2, 0.25) is 0 Å². The van der Waals surface area contributed by atoms with Crippen LogP contribution < -0.4 is 20.7 Å². The topological polar surface area (TPSA) is 172 Å². The zero-order chi connectivity index (χ0) is 38.7. The molecule has 55 heavy (non-hydrogen) atoms. The van der Waals surface area contributed by atoms with Gasteiger partial charge in [-0.1, -0.05) is 37.0 Å². The molecule has 2 aliphatic carbocycles. The van der Waals surface area contributed by atoms with Crippen LogP contribution in [-0.4, -0.2) is 86.3 Å². The third-order valence-electron chi connectivity index (χ3n) is 10.9. The lowest BCUT2D eigenvalue weighted by atomic mass is 10.0. The minimum absolute atomic E-state index is 0.0172. The van der Waals surface area contributed by atoms with Crippen LogP contribution >= 0.6 is 11.3 Å². The minimum atomic E-state index is -1.46. The Balaban J connectivity index is 1.21. The molecular weight excluding hydrogens is 721 g/mol. The maximum absolute atomic E-state index is 14.5. The number of aromatic nitrogens is 2. The summed E-state index contributed by atoms with van der Waals surface area (Å²) in [5, 5.41) is 22.5. The molecule has 5 atom stereocenters. The molecule has 3 fully saturated rings.